The number of hydrogen-bond acceptors (Lipinski definition) is 3. The van der Waals surface area contributed by atoms with E-state index >= 15 is 0 Å². The van der Waals surface area contributed by atoms with Gasteiger partial charge >= 0.3 is 0 Å². The van der Waals surface area contributed by atoms with Crippen LogP contribution in [-0.2, 0) is 6.54 Å². The first-order valence-electron chi connectivity index (χ1n) is 6.12. The molecular weight excluding hydrogens is 275 g/mol. The molecule has 2 bridgehead atoms. The lowest BCUT2D eigenvalue weighted by Crippen LogP contribution is -2.58. The van der Waals surface area contributed by atoms with Crippen LogP contribution in [0.5, 0.6) is 0 Å². The number of hydrogen-bond donors (Lipinski definition) is 1. The van der Waals surface area contributed by atoms with Crippen LogP contribution in [0.15, 0.2) is 5.38 Å². The topological polar surface area (TPSA) is 15.3 Å². The van der Waals surface area contributed by atoms with Gasteiger partial charge in [0.05, 0.1) is 5.02 Å². The molecule has 0 radical (unpaired) electrons. The van der Waals surface area contributed by atoms with E-state index in [1.807, 2.05) is 0 Å². The van der Waals surface area contributed by atoms with Gasteiger partial charge in [0.25, 0.3) is 0 Å². The molecule has 2 saturated heterocycles. The van der Waals surface area contributed by atoms with Gasteiger partial charge in [0.1, 0.15) is 4.34 Å². The number of piperidine rings is 1. The van der Waals surface area contributed by atoms with Crippen molar-refractivity contribution in [3.63, 3.8) is 0 Å². The maximum Gasteiger partial charge on any atom is 0.112 e. The number of likely N-dealkylation sites (tertiary alicyclic amines) is 1. The average Bonchev–Trinajstić information content (AvgIpc) is 2.61. The Labute approximate surface area is 116 Å². The molecule has 17 heavy (non-hydrogen) atoms. The Morgan fingerprint density at radius 2 is 2.00 bits per heavy atom. The first-order chi connectivity index (χ1) is 8.22. The summed E-state index contributed by atoms with van der Waals surface area (Å²) in [6, 6.07) is 1.35. The summed E-state index contributed by atoms with van der Waals surface area (Å²) in [4.78, 5) is 2.51. The summed E-state index contributed by atoms with van der Waals surface area (Å²) < 4.78 is 0.719. The molecule has 2 nitrogen and oxygen atoms in total. The first-order valence-corrected chi connectivity index (χ1v) is 7.75. The minimum atomic E-state index is 0.676. The van der Waals surface area contributed by atoms with Gasteiger partial charge < -0.3 is 5.32 Å². The smallest absolute Gasteiger partial charge is 0.112 e. The van der Waals surface area contributed by atoms with Gasteiger partial charge in [-0.1, -0.05) is 29.6 Å². The van der Waals surface area contributed by atoms with E-state index in [4.69, 9.17) is 23.2 Å². The van der Waals surface area contributed by atoms with Crippen LogP contribution >= 0.6 is 34.5 Å². The average molecular weight is 291 g/mol. The Balaban J connectivity index is 1.67. The minimum Gasteiger partial charge on any atom is -0.309 e. The number of nitrogens with one attached hydrogen (secondary N) is 1. The van der Waals surface area contributed by atoms with Crippen LogP contribution in [0.4, 0.5) is 0 Å². The summed E-state index contributed by atoms with van der Waals surface area (Å²) in [6.45, 7) is 3.22. The molecule has 3 rings (SSSR count). The quantitative estimate of drug-likeness (QED) is 0.898. The predicted molar refractivity (Wildman–Crippen MR) is 74.2 cm³/mol. The van der Waals surface area contributed by atoms with Gasteiger partial charge in [0, 0.05) is 31.7 Å². The van der Waals surface area contributed by atoms with Crippen LogP contribution in [0.25, 0.3) is 0 Å². The molecule has 94 valence electrons. The Kier molecular flexibility index (Phi) is 3.64. The lowest BCUT2D eigenvalue weighted by molar-refractivity contribution is 0.119. The zero-order chi connectivity index (χ0) is 11.8. The molecule has 1 aromatic heterocycles. The van der Waals surface area contributed by atoms with Crippen molar-refractivity contribution in [2.75, 3.05) is 13.1 Å². The van der Waals surface area contributed by atoms with Crippen LogP contribution in [0, 0.1) is 0 Å². The van der Waals surface area contributed by atoms with Crippen molar-refractivity contribution >= 4 is 34.5 Å². The highest BCUT2D eigenvalue weighted by atomic mass is 35.5. The summed E-state index contributed by atoms with van der Waals surface area (Å²) >= 11 is 13.7. The Bertz CT molecular complexity index is 395. The molecule has 0 saturated carbocycles. The third-order valence-electron chi connectivity index (χ3n) is 3.69. The summed E-state index contributed by atoms with van der Waals surface area (Å²) in [5.41, 5.74) is 1.18. The highest BCUT2D eigenvalue weighted by Gasteiger charge is 2.29. The Morgan fingerprint density at radius 1 is 1.29 bits per heavy atom. The lowest BCUT2D eigenvalue weighted by atomic mass is 9.94. The van der Waals surface area contributed by atoms with Gasteiger partial charge in [0.15, 0.2) is 0 Å². The normalized spacial score (nSPS) is 29.5. The van der Waals surface area contributed by atoms with Crippen molar-refractivity contribution in [1.82, 2.24) is 10.2 Å². The summed E-state index contributed by atoms with van der Waals surface area (Å²) in [7, 11) is 0. The molecule has 1 aromatic rings. The Hall–Kier alpha value is 0.200. The van der Waals surface area contributed by atoms with Crippen molar-refractivity contribution < 1.29 is 0 Å². The van der Waals surface area contributed by atoms with E-state index in [-0.39, 0.29) is 0 Å². The standard InChI is InChI=1S/C12H16Cl2N2S/c13-11-8(7-17-12(11)14)4-16-5-9-2-1-3-10(6-16)15-9/h7,9-10,15H,1-6H2. The highest BCUT2D eigenvalue weighted by Crippen LogP contribution is 2.33. The van der Waals surface area contributed by atoms with E-state index in [1.54, 1.807) is 0 Å². The molecule has 0 amide bonds. The van der Waals surface area contributed by atoms with E-state index in [0.717, 1.165) is 29.0 Å². The highest BCUT2D eigenvalue weighted by molar-refractivity contribution is 7.15. The molecule has 0 aliphatic carbocycles. The zero-order valence-corrected chi connectivity index (χ0v) is 11.9. The van der Waals surface area contributed by atoms with E-state index in [9.17, 15) is 0 Å². The molecule has 2 atom stereocenters. The second-order valence-corrected chi connectivity index (χ2v) is 6.89. The molecule has 0 spiro atoms. The molecule has 2 aliphatic heterocycles. The zero-order valence-electron chi connectivity index (χ0n) is 9.59. The summed E-state index contributed by atoms with van der Waals surface area (Å²) in [6.07, 6.45) is 4.00. The fourth-order valence-electron chi connectivity index (χ4n) is 2.93. The number of halogens is 2. The number of rotatable bonds is 2. The maximum absolute atomic E-state index is 6.18. The van der Waals surface area contributed by atoms with Gasteiger partial charge in [0.2, 0.25) is 0 Å². The van der Waals surface area contributed by atoms with Crippen LogP contribution < -0.4 is 5.32 Å². The largest absolute Gasteiger partial charge is 0.309 e. The molecule has 5 heteroatoms. The summed E-state index contributed by atoms with van der Waals surface area (Å²) in [5, 5.41) is 6.53. The minimum absolute atomic E-state index is 0.676. The van der Waals surface area contributed by atoms with Gasteiger partial charge in [-0.3, -0.25) is 4.90 Å². The second-order valence-electron chi connectivity index (χ2n) is 5.03. The SMILES string of the molecule is Clc1scc(CN2CC3CCCC(C2)N3)c1Cl. The number of nitrogens with zero attached hydrogens (tertiary/aromatic N) is 1. The third kappa shape index (κ3) is 2.64. The molecule has 2 unspecified atom stereocenters. The molecule has 1 N–H and O–H groups in total. The number of piperazine rings is 1. The van der Waals surface area contributed by atoms with Crippen molar-refractivity contribution in [2.45, 2.75) is 37.9 Å². The van der Waals surface area contributed by atoms with Crippen molar-refractivity contribution in [1.29, 1.82) is 0 Å². The van der Waals surface area contributed by atoms with E-state index in [0.29, 0.717) is 12.1 Å². The molecule has 2 aliphatic rings. The first kappa shape index (κ1) is 12.2. The van der Waals surface area contributed by atoms with E-state index in [2.05, 4.69) is 15.6 Å². The lowest BCUT2D eigenvalue weighted by Gasteiger charge is -2.42. The molecule has 2 fully saturated rings. The number of fused-ring (bicyclic) bond motifs is 2. The molecule has 3 heterocycles. The second kappa shape index (κ2) is 5.06. The van der Waals surface area contributed by atoms with Crippen LogP contribution in [0.1, 0.15) is 24.8 Å². The van der Waals surface area contributed by atoms with Crippen molar-refractivity contribution in [3.05, 3.63) is 20.3 Å². The molecule has 0 aromatic carbocycles. The van der Waals surface area contributed by atoms with Crippen LogP contribution in [0.3, 0.4) is 0 Å². The third-order valence-corrected chi connectivity index (χ3v) is 5.60. The maximum atomic E-state index is 6.18. The Morgan fingerprint density at radius 3 is 2.59 bits per heavy atom. The fourth-order valence-corrected chi connectivity index (χ4v) is 4.17. The van der Waals surface area contributed by atoms with Crippen LogP contribution in [0.2, 0.25) is 9.36 Å². The van der Waals surface area contributed by atoms with Gasteiger partial charge in [-0.15, -0.1) is 11.3 Å². The van der Waals surface area contributed by atoms with E-state index < -0.39 is 0 Å². The molecular formula is C12H16Cl2N2S. The van der Waals surface area contributed by atoms with Crippen LogP contribution in [-0.4, -0.2) is 30.1 Å². The predicted octanol–water partition coefficient (Wildman–Crippen LogP) is 3.38. The monoisotopic (exact) mass is 290 g/mol. The van der Waals surface area contributed by atoms with Gasteiger partial charge in [-0.05, 0) is 23.8 Å². The van der Waals surface area contributed by atoms with Gasteiger partial charge in [-0.25, -0.2) is 0 Å². The van der Waals surface area contributed by atoms with E-state index in [1.165, 1.54) is 36.2 Å². The number of thiophene rings is 1. The van der Waals surface area contributed by atoms with Crippen molar-refractivity contribution in [3.8, 4) is 0 Å². The van der Waals surface area contributed by atoms with Crippen molar-refractivity contribution in [2.24, 2.45) is 0 Å². The fraction of sp³-hybridized carbons (Fsp3) is 0.667. The van der Waals surface area contributed by atoms with Gasteiger partial charge in [-0.2, -0.15) is 0 Å². The summed E-state index contributed by atoms with van der Waals surface area (Å²) in [5.74, 6) is 0.